The Labute approximate surface area is 173 Å². The van der Waals surface area contributed by atoms with E-state index in [2.05, 4.69) is 50.5 Å². The molecule has 0 unspecified atom stereocenters. The molecule has 4 nitrogen and oxygen atoms in total. The Hall–Kier alpha value is -2.53. The fourth-order valence-electron chi connectivity index (χ4n) is 3.62. The summed E-state index contributed by atoms with van der Waals surface area (Å²) < 4.78 is 6.43. The Morgan fingerprint density at radius 3 is 2.64 bits per heavy atom. The molecule has 2 aromatic carbocycles. The van der Waals surface area contributed by atoms with Crippen LogP contribution < -0.4 is 10.9 Å². The molecule has 2 heterocycles. The SMILES string of the molecule is Cc1ccc2oc(=O)cc(NC3CCN(/C=C(\Br)c4ccccc4)CC3)c2c1. The molecule has 1 N–H and O–H groups in total. The normalized spacial score (nSPS) is 15.8. The molecule has 1 aliphatic rings. The van der Waals surface area contributed by atoms with Crippen molar-refractivity contribution in [2.24, 2.45) is 0 Å². The third-order valence-electron chi connectivity index (χ3n) is 5.13. The average molecular weight is 439 g/mol. The number of likely N-dealkylation sites (tertiary alicyclic amines) is 1. The highest BCUT2D eigenvalue weighted by Crippen LogP contribution is 2.27. The summed E-state index contributed by atoms with van der Waals surface area (Å²) in [6, 6.07) is 18.1. The molecular formula is C23H23BrN2O2. The molecule has 0 radical (unpaired) electrons. The number of hydrogen-bond donors (Lipinski definition) is 1. The summed E-state index contributed by atoms with van der Waals surface area (Å²) in [6.07, 6.45) is 4.21. The maximum atomic E-state index is 11.9. The van der Waals surface area contributed by atoms with Gasteiger partial charge in [-0.25, -0.2) is 4.79 Å². The summed E-state index contributed by atoms with van der Waals surface area (Å²) in [6.45, 7) is 3.99. The van der Waals surface area contributed by atoms with Crippen LogP contribution in [0.1, 0.15) is 24.0 Å². The molecule has 0 aliphatic carbocycles. The Bertz CT molecular complexity index is 1050. The molecular weight excluding hydrogens is 416 g/mol. The Balaban J connectivity index is 1.45. The number of anilines is 1. The zero-order valence-electron chi connectivity index (χ0n) is 15.8. The molecule has 0 spiro atoms. The molecule has 28 heavy (non-hydrogen) atoms. The van der Waals surface area contributed by atoms with Gasteiger partial charge in [0.05, 0.1) is 5.69 Å². The van der Waals surface area contributed by atoms with Crippen LogP contribution in [0, 0.1) is 6.92 Å². The van der Waals surface area contributed by atoms with Crippen molar-refractivity contribution in [1.82, 2.24) is 4.90 Å². The van der Waals surface area contributed by atoms with Crippen LogP contribution in [0.4, 0.5) is 5.69 Å². The zero-order chi connectivity index (χ0) is 19.5. The standard InChI is InChI=1S/C23H23BrN2O2/c1-16-7-8-22-19(13-16)21(14-23(27)28-22)25-18-9-11-26(12-10-18)15-20(24)17-5-3-2-4-6-17/h2-8,13-15,18,25H,9-12H2,1H3/b20-15-. The number of piperidine rings is 1. The zero-order valence-corrected chi connectivity index (χ0v) is 17.4. The van der Waals surface area contributed by atoms with Gasteiger partial charge in [-0.05, 0) is 53.4 Å². The van der Waals surface area contributed by atoms with Gasteiger partial charge in [0, 0.05) is 41.3 Å². The lowest BCUT2D eigenvalue weighted by molar-refractivity contribution is 0.295. The van der Waals surface area contributed by atoms with E-state index in [9.17, 15) is 4.79 Å². The van der Waals surface area contributed by atoms with Gasteiger partial charge in [0.2, 0.25) is 0 Å². The molecule has 0 saturated carbocycles. The lowest BCUT2D eigenvalue weighted by Crippen LogP contribution is -2.36. The second kappa shape index (κ2) is 8.23. The summed E-state index contributed by atoms with van der Waals surface area (Å²) in [5.74, 6) is 0. The number of fused-ring (bicyclic) bond motifs is 1. The van der Waals surface area contributed by atoms with Crippen molar-refractivity contribution in [3.05, 3.63) is 82.3 Å². The molecule has 5 heteroatoms. The highest BCUT2D eigenvalue weighted by atomic mass is 79.9. The lowest BCUT2D eigenvalue weighted by Gasteiger charge is -2.32. The fraction of sp³-hybridized carbons (Fsp3) is 0.261. The number of aryl methyl sites for hydroxylation is 1. The highest BCUT2D eigenvalue weighted by molar-refractivity contribution is 9.15. The fourth-order valence-corrected chi connectivity index (χ4v) is 4.18. The Morgan fingerprint density at radius 1 is 1.14 bits per heavy atom. The number of halogens is 1. The van der Waals surface area contributed by atoms with E-state index in [-0.39, 0.29) is 5.63 Å². The lowest BCUT2D eigenvalue weighted by atomic mass is 10.0. The average Bonchev–Trinajstić information content (AvgIpc) is 2.70. The van der Waals surface area contributed by atoms with Gasteiger partial charge in [0.1, 0.15) is 5.58 Å². The maximum Gasteiger partial charge on any atom is 0.338 e. The van der Waals surface area contributed by atoms with Crippen LogP contribution in [0.25, 0.3) is 15.5 Å². The number of benzene rings is 2. The van der Waals surface area contributed by atoms with Gasteiger partial charge in [0.15, 0.2) is 0 Å². The molecule has 1 saturated heterocycles. The number of nitrogens with zero attached hydrogens (tertiary/aromatic N) is 1. The van der Waals surface area contributed by atoms with E-state index in [1.807, 2.05) is 37.3 Å². The number of hydrogen-bond acceptors (Lipinski definition) is 4. The van der Waals surface area contributed by atoms with Crippen molar-refractivity contribution >= 4 is 37.1 Å². The molecule has 144 valence electrons. The van der Waals surface area contributed by atoms with Crippen LogP contribution in [0.15, 0.2) is 70.0 Å². The molecule has 4 rings (SSSR count). The van der Waals surface area contributed by atoms with Crippen molar-refractivity contribution < 1.29 is 4.42 Å². The van der Waals surface area contributed by atoms with Crippen molar-refractivity contribution in [1.29, 1.82) is 0 Å². The summed E-state index contributed by atoms with van der Waals surface area (Å²) in [7, 11) is 0. The molecule has 0 amide bonds. The minimum absolute atomic E-state index is 0.314. The predicted molar refractivity (Wildman–Crippen MR) is 119 cm³/mol. The topological polar surface area (TPSA) is 45.5 Å². The summed E-state index contributed by atoms with van der Waals surface area (Å²) in [5, 5.41) is 4.54. The smallest absolute Gasteiger partial charge is 0.338 e. The monoisotopic (exact) mass is 438 g/mol. The van der Waals surface area contributed by atoms with E-state index in [0.717, 1.165) is 47.1 Å². The first-order valence-corrected chi connectivity index (χ1v) is 10.4. The van der Waals surface area contributed by atoms with Crippen LogP contribution in [-0.2, 0) is 0 Å². The van der Waals surface area contributed by atoms with Gasteiger partial charge >= 0.3 is 5.63 Å². The number of rotatable bonds is 4. The van der Waals surface area contributed by atoms with E-state index in [4.69, 9.17) is 4.42 Å². The largest absolute Gasteiger partial charge is 0.423 e. The Kier molecular flexibility index (Phi) is 5.53. The second-order valence-electron chi connectivity index (χ2n) is 7.28. The van der Waals surface area contributed by atoms with Gasteiger partial charge in [-0.3, -0.25) is 0 Å². The van der Waals surface area contributed by atoms with Gasteiger partial charge in [-0.1, -0.05) is 42.0 Å². The molecule has 1 fully saturated rings. The van der Waals surface area contributed by atoms with E-state index in [1.165, 1.54) is 5.56 Å². The molecule has 3 aromatic rings. The van der Waals surface area contributed by atoms with Crippen molar-refractivity contribution in [2.45, 2.75) is 25.8 Å². The van der Waals surface area contributed by atoms with Gasteiger partial charge in [0.25, 0.3) is 0 Å². The third kappa shape index (κ3) is 4.30. The van der Waals surface area contributed by atoms with E-state index in [0.29, 0.717) is 11.6 Å². The predicted octanol–water partition coefficient (Wildman–Crippen LogP) is 5.37. The van der Waals surface area contributed by atoms with Crippen molar-refractivity contribution in [3.8, 4) is 0 Å². The van der Waals surface area contributed by atoms with Crippen molar-refractivity contribution in [3.63, 3.8) is 0 Å². The molecule has 1 aromatic heterocycles. The second-order valence-corrected chi connectivity index (χ2v) is 8.13. The van der Waals surface area contributed by atoms with E-state index in [1.54, 1.807) is 6.07 Å². The van der Waals surface area contributed by atoms with Crippen LogP contribution in [-0.4, -0.2) is 24.0 Å². The summed E-state index contributed by atoms with van der Waals surface area (Å²) >= 11 is 3.69. The van der Waals surface area contributed by atoms with Gasteiger partial charge in [-0.15, -0.1) is 0 Å². The van der Waals surface area contributed by atoms with Crippen LogP contribution >= 0.6 is 15.9 Å². The first-order valence-electron chi connectivity index (χ1n) is 9.56. The van der Waals surface area contributed by atoms with Crippen LogP contribution in [0.5, 0.6) is 0 Å². The summed E-state index contributed by atoms with van der Waals surface area (Å²) in [5.41, 5.74) is 3.52. The first kappa shape index (κ1) is 18.8. The molecule has 1 aliphatic heterocycles. The number of nitrogens with one attached hydrogen (secondary N) is 1. The van der Waals surface area contributed by atoms with Crippen LogP contribution in [0.2, 0.25) is 0 Å². The van der Waals surface area contributed by atoms with E-state index < -0.39 is 0 Å². The van der Waals surface area contributed by atoms with Crippen molar-refractivity contribution in [2.75, 3.05) is 18.4 Å². The quantitative estimate of drug-likeness (QED) is 0.555. The Morgan fingerprint density at radius 2 is 1.89 bits per heavy atom. The minimum Gasteiger partial charge on any atom is -0.423 e. The maximum absolute atomic E-state index is 11.9. The minimum atomic E-state index is -0.314. The first-order chi connectivity index (χ1) is 13.6. The molecule has 0 atom stereocenters. The van der Waals surface area contributed by atoms with Gasteiger partial charge < -0.3 is 14.6 Å². The highest BCUT2D eigenvalue weighted by Gasteiger charge is 2.19. The van der Waals surface area contributed by atoms with Crippen LogP contribution in [0.3, 0.4) is 0 Å². The van der Waals surface area contributed by atoms with Gasteiger partial charge in [-0.2, -0.15) is 0 Å². The summed E-state index contributed by atoms with van der Waals surface area (Å²) in [4.78, 5) is 14.3. The third-order valence-corrected chi connectivity index (χ3v) is 5.80. The molecule has 0 bridgehead atoms. The van der Waals surface area contributed by atoms with E-state index >= 15 is 0 Å².